The fraction of sp³-hybridized carbons (Fsp3) is 0.867. The lowest BCUT2D eigenvalue weighted by Gasteiger charge is -2.34. The molecule has 0 aromatic rings. The van der Waals surface area contributed by atoms with Gasteiger partial charge in [-0.1, -0.05) is 32.6 Å². The summed E-state index contributed by atoms with van der Waals surface area (Å²) < 4.78 is 0. The maximum atomic E-state index is 12.9. The van der Waals surface area contributed by atoms with E-state index >= 15 is 0 Å². The number of carboxylic acid groups (broad SMARTS) is 1. The Bertz CT molecular complexity index is 375. The van der Waals surface area contributed by atoms with Gasteiger partial charge in [-0.25, -0.2) is 0 Å². The van der Waals surface area contributed by atoms with Gasteiger partial charge in [0.05, 0.1) is 11.3 Å². The minimum absolute atomic E-state index is 0.0250. The highest BCUT2D eigenvalue weighted by molar-refractivity contribution is 5.84. The van der Waals surface area contributed by atoms with Crippen molar-refractivity contribution in [3.63, 3.8) is 0 Å². The van der Waals surface area contributed by atoms with Crippen molar-refractivity contribution in [1.82, 2.24) is 4.90 Å². The van der Waals surface area contributed by atoms with Crippen molar-refractivity contribution in [1.29, 1.82) is 0 Å². The van der Waals surface area contributed by atoms with Crippen molar-refractivity contribution >= 4 is 11.9 Å². The van der Waals surface area contributed by atoms with Crippen molar-refractivity contribution in [3.8, 4) is 0 Å². The number of carbonyl (C=O) groups is 2. The van der Waals surface area contributed by atoms with Crippen LogP contribution in [0.25, 0.3) is 0 Å². The van der Waals surface area contributed by atoms with Gasteiger partial charge in [-0.05, 0) is 18.8 Å². The SMILES string of the molecule is CC1CN(C(=O)C2(CN)CCCCCC2)CC1C(=O)O. The van der Waals surface area contributed by atoms with E-state index < -0.39 is 17.3 Å². The normalized spacial score (nSPS) is 30.0. The Morgan fingerprint density at radius 2 is 1.80 bits per heavy atom. The molecule has 5 nitrogen and oxygen atoms in total. The van der Waals surface area contributed by atoms with Crippen LogP contribution in [0.5, 0.6) is 0 Å². The van der Waals surface area contributed by atoms with Gasteiger partial charge in [-0.2, -0.15) is 0 Å². The Morgan fingerprint density at radius 1 is 1.20 bits per heavy atom. The molecular weight excluding hydrogens is 256 g/mol. The molecule has 1 heterocycles. The van der Waals surface area contributed by atoms with Crippen LogP contribution < -0.4 is 5.73 Å². The molecule has 0 bridgehead atoms. The van der Waals surface area contributed by atoms with E-state index in [4.69, 9.17) is 5.73 Å². The van der Waals surface area contributed by atoms with Gasteiger partial charge in [0.15, 0.2) is 0 Å². The molecule has 0 radical (unpaired) electrons. The van der Waals surface area contributed by atoms with Gasteiger partial charge in [0, 0.05) is 19.6 Å². The maximum absolute atomic E-state index is 12.9. The number of hydrogen-bond donors (Lipinski definition) is 2. The van der Waals surface area contributed by atoms with Gasteiger partial charge >= 0.3 is 5.97 Å². The van der Waals surface area contributed by atoms with E-state index in [-0.39, 0.29) is 11.8 Å². The monoisotopic (exact) mass is 282 g/mol. The lowest BCUT2D eigenvalue weighted by Crippen LogP contribution is -2.47. The van der Waals surface area contributed by atoms with Crippen LogP contribution in [0.15, 0.2) is 0 Å². The van der Waals surface area contributed by atoms with E-state index in [0.29, 0.717) is 19.6 Å². The summed E-state index contributed by atoms with van der Waals surface area (Å²) in [7, 11) is 0. The van der Waals surface area contributed by atoms with Crippen LogP contribution in [-0.4, -0.2) is 41.5 Å². The van der Waals surface area contributed by atoms with E-state index in [1.807, 2.05) is 6.92 Å². The molecule has 114 valence electrons. The summed E-state index contributed by atoms with van der Waals surface area (Å²) in [6.07, 6.45) is 6.14. The molecule has 2 rings (SSSR count). The number of nitrogens with zero attached hydrogens (tertiary/aromatic N) is 1. The second-order valence-corrected chi connectivity index (χ2v) is 6.53. The molecule has 2 unspecified atom stereocenters. The number of likely N-dealkylation sites (tertiary alicyclic amines) is 1. The first-order valence-corrected chi connectivity index (χ1v) is 7.72. The lowest BCUT2D eigenvalue weighted by atomic mass is 9.79. The third-order valence-corrected chi connectivity index (χ3v) is 5.12. The van der Waals surface area contributed by atoms with Crippen LogP contribution in [0.3, 0.4) is 0 Å². The van der Waals surface area contributed by atoms with Gasteiger partial charge in [0.25, 0.3) is 0 Å². The minimum Gasteiger partial charge on any atom is -0.481 e. The molecule has 2 atom stereocenters. The summed E-state index contributed by atoms with van der Waals surface area (Å²) in [6, 6.07) is 0. The van der Waals surface area contributed by atoms with E-state index in [1.54, 1.807) is 4.90 Å². The van der Waals surface area contributed by atoms with Crippen molar-refractivity contribution < 1.29 is 14.7 Å². The Morgan fingerprint density at radius 3 is 2.25 bits per heavy atom. The van der Waals surface area contributed by atoms with Crippen molar-refractivity contribution in [2.75, 3.05) is 19.6 Å². The highest BCUT2D eigenvalue weighted by Crippen LogP contribution is 2.38. The van der Waals surface area contributed by atoms with E-state index in [9.17, 15) is 14.7 Å². The largest absolute Gasteiger partial charge is 0.481 e. The topological polar surface area (TPSA) is 83.6 Å². The molecule has 1 saturated heterocycles. The Balaban J connectivity index is 2.11. The molecule has 3 N–H and O–H groups in total. The van der Waals surface area contributed by atoms with Gasteiger partial charge in [0.1, 0.15) is 0 Å². The fourth-order valence-corrected chi connectivity index (χ4v) is 3.70. The number of aliphatic carboxylic acids is 1. The second kappa shape index (κ2) is 6.12. The predicted molar refractivity (Wildman–Crippen MR) is 76.1 cm³/mol. The molecule has 1 amide bonds. The first kappa shape index (κ1) is 15.3. The number of amides is 1. The second-order valence-electron chi connectivity index (χ2n) is 6.53. The summed E-state index contributed by atoms with van der Waals surface area (Å²) in [6.45, 7) is 3.19. The molecule has 2 aliphatic rings. The molecule has 0 spiro atoms. The molecule has 1 saturated carbocycles. The number of rotatable bonds is 3. The summed E-state index contributed by atoms with van der Waals surface area (Å²) in [5.74, 6) is -1.11. The average Bonchev–Trinajstić information content (AvgIpc) is 2.67. The summed E-state index contributed by atoms with van der Waals surface area (Å²) in [5.41, 5.74) is 5.50. The van der Waals surface area contributed by atoms with Crippen LogP contribution in [-0.2, 0) is 9.59 Å². The lowest BCUT2D eigenvalue weighted by molar-refractivity contribution is -0.143. The van der Waals surface area contributed by atoms with Gasteiger partial charge in [-0.15, -0.1) is 0 Å². The first-order chi connectivity index (χ1) is 9.50. The maximum Gasteiger partial charge on any atom is 0.308 e. The van der Waals surface area contributed by atoms with E-state index in [0.717, 1.165) is 25.7 Å². The highest BCUT2D eigenvalue weighted by atomic mass is 16.4. The predicted octanol–water partition coefficient (Wildman–Crippen LogP) is 1.46. The molecular formula is C15H26N2O3. The fourth-order valence-electron chi connectivity index (χ4n) is 3.70. The minimum atomic E-state index is -0.796. The molecule has 2 fully saturated rings. The van der Waals surface area contributed by atoms with Gasteiger partial charge in [-0.3, -0.25) is 9.59 Å². The molecule has 1 aliphatic carbocycles. The summed E-state index contributed by atoms with van der Waals surface area (Å²) in [5, 5.41) is 9.20. The van der Waals surface area contributed by atoms with Gasteiger partial charge in [0.2, 0.25) is 5.91 Å². The number of hydrogen-bond acceptors (Lipinski definition) is 3. The zero-order valence-electron chi connectivity index (χ0n) is 12.3. The molecule has 1 aliphatic heterocycles. The summed E-state index contributed by atoms with van der Waals surface area (Å²) in [4.78, 5) is 25.8. The van der Waals surface area contributed by atoms with Crippen molar-refractivity contribution in [2.45, 2.75) is 45.4 Å². The van der Waals surface area contributed by atoms with Gasteiger partial charge < -0.3 is 15.7 Å². The van der Waals surface area contributed by atoms with E-state index in [2.05, 4.69) is 0 Å². The Hall–Kier alpha value is -1.10. The quantitative estimate of drug-likeness (QED) is 0.768. The van der Waals surface area contributed by atoms with Crippen LogP contribution in [0.1, 0.15) is 45.4 Å². The van der Waals surface area contributed by atoms with Crippen LogP contribution >= 0.6 is 0 Å². The Kier molecular flexibility index (Phi) is 4.68. The summed E-state index contributed by atoms with van der Waals surface area (Å²) >= 11 is 0. The van der Waals surface area contributed by atoms with Crippen molar-refractivity contribution in [3.05, 3.63) is 0 Å². The zero-order valence-corrected chi connectivity index (χ0v) is 12.3. The molecule has 0 aromatic carbocycles. The third-order valence-electron chi connectivity index (χ3n) is 5.12. The van der Waals surface area contributed by atoms with E-state index in [1.165, 1.54) is 12.8 Å². The number of carboxylic acids is 1. The third kappa shape index (κ3) is 2.82. The number of nitrogens with two attached hydrogens (primary N) is 1. The number of carbonyl (C=O) groups excluding carboxylic acids is 1. The van der Waals surface area contributed by atoms with Crippen LogP contribution in [0.4, 0.5) is 0 Å². The molecule has 5 heteroatoms. The highest BCUT2D eigenvalue weighted by Gasteiger charge is 2.45. The Labute approximate surface area is 120 Å². The zero-order chi connectivity index (χ0) is 14.8. The van der Waals surface area contributed by atoms with Crippen LogP contribution in [0.2, 0.25) is 0 Å². The first-order valence-electron chi connectivity index (χ1n) is 7.72. The standard InChI is InChI=1S/C15H26N2O3/c1-11-8-17(9-12(11)13(18)19)14(20)15(10-16)6-4-2-3-5-7-15/h11-12H,2-10,16H2,1H3,(H,18,19). The van der Waals surface area contributed by atoms with Crippen LogP contribution in [0, 0.1) is 17.3 Å². The van der Waals surface area contributed by atoms with Crippen molar-refractivity contribution in [2.24, 2.45) is 23.0 Å². The molecule has 20 heavy (non-hydrogen) atoms. The smallest absolute Gasteiger partial charge is 0.308 e. The average molecular weight is 282 g/mol. The molecule has 0 aromatic heterocycles.